The molecule has 0 unspecified atom stereocenters. The SMILES string of the molecule is Cc1nn(CCNC(=O)c2cccc(F)c2)c(C)c1C. The predicted octanol–water partition coefficient (Wildman–Crippen LogP) is 2.38. The van der Waals surface area contributed by atoms with Gasteiger partial charge in [-0.3, -0.25) is 9.48 Å². The number of aromatic nitrogens is 2. The zero-order chi connectivity index (χ0) is 14.7. The molecular formula is C15H18FN3O. The highest BCUT2D eigenvalue weighted by molar-refractivity contribution is 5.94. The molecule has 20 heavy (non-hydrogen) atoms. The first-order valence-electron chi connectivity index (χ1n) is 6.53. The number of aryl methyl sites for hydroxylation is 1. The molecule has 5 heteroatoms. The van der Waals surface area contributed by atoms with Crippen LogP contribution in [-0.4, -0.2) is 22.2 Å². The summed E-state index contributed by atoms with van der Waals surface area (Å²) in [6.07, 6.45) is 0. The molecule has 0 atom stereocenters. The average molecular weight is 275 g/mol. The number of carbonyl (C=O) groups is 1. The van der Waals surface area contributed by atoms with E-state index < -0.39 is 5.82 Å². The van der Waals surface area contributed by atoms with Gasteiger partial charge in [-0.05, 0) is 44.5 Å². The van der Waals surface area contributed by atoms with Crippen LogP contribution in [0.25, 0.3) is 0 Å². The molecule has 1 N–H and O–H groups in total. The second-order valence-electron chi connectivity index (χ2n) is 4.79. The lowest BCUT2D eigenvalue weighted by molar-refractivity contribution is 0.0951. The predicted molar refractivity (Wildman–Crippen MR) is 75.2 cm³/mol. The lowest BCUT2D eigenvalue weighted by atomic mass is 10.2. The lowest BCUT2D eigenvalue weighted by Crippen LogP contribution is -2.27. The Bertz CT molecular complexity index is 634. The van der Waals surface area contributed by atoms with E-state index in [0.29, 0.717) is 18.7 Å². The van der Waals surface area contributed by atoms with Gasteiger partial charge >= 0.3 is 0 Å². The molecule has 2 rings (SSSR count). The molecule has 4 nitrogen and oxygen atoms in total. The molecule has 106 valence electrons. The molecule has 1 amide bonds. The number of benzene rings is 1. The summed E-state index contributed by atoms with van der Waals surface area (Å²) in [7, 11) is 0. The largest absolute Gasteiger partial charge is 0.350 e. The van der Waals surface area contributed by atoms with Crippen molar-refractivity contribution in [3.63, 3.8) is 0 Å². The average Bonchev–Trinajstić information content (AvgIpc) is 2.66. The Hall–Kier alpha value is -2.17. The third-order valence-corrected chi connectivity index (χ3v) is 3.44. The molecule has 0 saturated heterocycles. The first-order valence-corrected chi connectivity index (χ1v) is 6.53. The molecule has 0 aliphatic rings. The van der Waals surface area contributed by atoms with E-state index in [1.807, 2.05) is 25.5 Å². The molecule has 0 aliphatic carbocycles. The van der Waals surface area contributed by atoms with Crippen molar-refractivity contribution >= 4 is 5.91 Å². The van der Waals surface area contributed by atoms with Crippen molar-refractivity contribution in [2.75, 3.05) is 6.54 Å². The second-order valence-corrected chi connectivity index (χ2v) is 4.79. The summed E-state index contributed by atoms with van der Waals surface area (Å²) in [5.74, 6) is -0.686. The highest BCUT2D eigenvalue weighted by atomic mass is 19.1. The summed E-state index contributed by atoms with van der Waals surface area (Å²) >= 11 is 0. The first-order chi connectivity index (χ1) is 9.49. The molecule has 2 aromatic rings. The number of carbonyl (C=O) groups excluding carboxylic acids is 1. The van der Waals surface area contributed by atoms with Crippen LogP contribution in [0, 0.1) is 26.6 Å². The molecule has 0 aliphatic heterocycles. The molecule has 0 fully saturated rings. The van der Waals surface area contributed by atoms with Gasteiger partial charge in [-0.2, -0.15) is 5.10 Å². The Labute approximate surface area is 117 Å². The Kier molecular flexibility index (Phi) is 4.17. The van der Waals surface area contributed by atoms with Crippen molar-refractivity contribution in [1.82, 2.24) is 15.1 Å². The van der Waals surface area contributed by atoms with E-state index in [9.17, 15) is 9.18 Å². The Morgan fingerprint density at radius 1 is 1.35 bits per heavy atom. The van der Waals surface area contributed by atoms with Gasteiger partial charge in [0, 0.05) is 17.8 Å². The van der Waals surface area contributed by atoms with Crippen LogP contribution in [0.4, 0.5) is 4.39 Å². The van der Waals surface area contributed by atoms with Crippen LogP contribution in [0.2, 0.25) is 0 Å². The minimum absolute atomic E-state index is 0.275. The molecule has 0 saturated carbocycles. The number of rotatable bonds is 4. The molecule has 0 bridgehead atoms. The fourth-order valence-corrected chi connectivity index (χ4v) is 2.01. The Morgan fingerprint density at radius 3 is 2.70 bits per heavy atom. The Balaban J connectivity index is 1.93. The van der Waals surface area contributed by atoms with Crippen LogP contribution in [0.15, 0.2) is 24.3 Å². The van der Waals surface area contributed by atoms with E-state index in [0.717, 1.165) is 11.4 Å². The highest BCUT2D eigenvalue weighted by Gasteiger charge is 2.08. The van der Waals surface area contributed by atoms with Gasteiger partial charge in [-0.15, -0.1) is 0 Å². The zero-order valence-electron chi connectivity index (χ0n) is 11.9. The Morgan fingerprint density at radius 2 is 2.10 bits per heavy atom. The van der Waals surface area contributed by atoms with Crippen molar-refractivity contribution in [2.45, 2.75) is 27.3 Å². The normalized spacial score (nSPS) is 10.6. The summed E-state index contributed by atoms with van der Waals surface area (Å²) in [4.78, 5) is 11.8. The van der Waals surface area contributed by atoms with Gasteiger partial charge in [0.05, 0.1) is 12.2 Å². The van der Waals surface area contributed by atoms with Gasteiger partial charge in [0.15, 0.2) is 0 Å². The minimum Gasteiger partial charge on any atom is -0.350 e. The van der Waals surface area contributed by atoms with E-state index >= 15 is 0 Å². The number of amides is 1. The maximum Gasteiger partial charge on any atom is 0.251 e. The van der Waals surface area contributed by atoms with Crippen LogP contribution >= 0.6 is 0 Å². The maximum atomic E-state index is 13.0. The fraction of sp³-hybridized carbons (Fsp3) is 0.333. The summed E-state index contributed by atoms with van der Waals surface area (Å²) in [5, 5.41) is 7.16. The number of hydrogen-bond acceptors (Lipinski definition) is 2. The molecule has 1 aromatic heterocycles. The van der Waals surface area contributed by atoms with Crippen molar-refractivity contribution in [1.29, 1.82) is 0 Å². The maximum absolute atomic E-state index is 13.0. The van der Waals surface area contributed by atoms with Crippen LogP contribution in [0.3, 0.4) is 0 Å². The van der Waals surface area contributed by atoms with E-state index in [1.54, 1.807) is 6.07 Å². The number of hydrogen-bond donors (Lipinski definition) is 1. The van der Waals surface area contributed by atoms with Crippen molar-refractivity contribution < 1.29 is 9.18 Å². The van der Waals surface area contributed by atoms with E-state index in [4.69, 9.17) is 0 Å². The third-order valence-electron chi connectivity index (χ3n) is 3.44. The zero-order valence-corrected chi connectivity index (χ0v) is 11.9. The molecule has 1 aromatic carbocycles. The summed E-state index contributed by atoms with van der Waals surface area (Å²) in [6.45, 7) is 7.05. The molecular weight excluding hydrogens is 257 g/mol. The van der Waals surface area contributed by atoms with Crippen molar-refractivity contribution in [3.8, 4) is 0 Å². The lowest BCUT2D eigenvalue weighted by Gasteiger charge is -2.07. The molecule has 1 heterocycles. The van der Waals surface area contributed by atoms with Crippen molar-refractivity contribution in [2.24, 2.45) is 0 Å². The quantitative estimate of drug-likeness (QED) is 0.931. The number of nitrogens with zero attached hydrogens (tertiary/aromatic N) is 2. The summed E-state index contributed by atoms with van der Waals surface area (Å²) in [5.41, 5.74) is 3.59. The van der Waals surface area contributed by atoms with Crippen LogP contribution < -0.4 is 5.32 Å². The smallest absolute Gasteiger partial charge is 0.251 e. The van der Waals surface area contributed by atoms with E-state index in [1.165, 1.54) is 23.8 Å². The summed E-state index contributed by atoms with van der Waals surface area (Å²) < 4.78 is 14.9. The first kappa shape index (κ1) is 14.2. The van der Waals surface area contributed by atoms with Crippen LogP contribution in [-0.2, 0) is 6.54 Å². The monoisotopic (exact) mass is 275 g/mol. The number of halogens is 1. The van der Waals surface area contributed by atoms with E-state index in [-0.39, 0.29) is 5.91 Å². The molecule has 0 spiro atoms. The highest BCUT2D eigenvalue weighted by Crippen LogP contribution is 2.10. The second kappa shape index (κ2) is 5.86. The van der Waals surface area contributed by atoms with Crippen LogP contribution in [0.1, 0.15) is 27.3 Å². The van der Waals surface area contributed by atoms with Gasteiger partial charge in [-0.25, -0.2) is 4.39 Å². The summed E-state index contributed by atoms with van der Waals surface area (Å²) in [6, 6.07) is 5.65. The van der Waals surface area contributed by atoms with Crippen molar-refractivity contribution in [3.05, 3.63) is 52.6 Å². The van der Waals surface area contributed by atoms with Gasteiger partial charge < -0.3 is 5.32 Å². The third kappa shape index (κ3) is 3.04. The topological polar surface area (TPSA) is 46.9 Å². The number of nitrogens with one attached hydrogen (secondary N) is 1. The van der Waals surface area contributed by atoms with Crippen LogP contribution in [0.5, 0.6) is 0 Å². The van der Waals surface area contributed by atoms with E-state index in [2.05, 4.69) is 10.4 Å². The van der Waals surface area contributed by atoms with Gasteiger partial charge in [0.1, 0.15) is 5.82 Å². The standard InChI is InChI=1S/C15H18FN3O/c1-10-11(2)18-19(12(10)3)8-7-17-15(20)13-5-4-6-14(16)9-13/h4-6,9H,7-8H2,1-3H3,(H,17,20). The fourth-order valence-electron chi connectivity index (χ4n) is 2.01. The van der Waals surface area contributed by atoms with Gasteiger partial charge in [-0.1, -0.05) is 6.07 Å². The van der Waals surface area contributed by atoms with Gasteiger partial charge in [0.25, 0.3) is 5.91 Å². The molecule has 0 radical (unpaired) electrons. The minimum atomic E-state index is -0.410. The van der Waals surface area contributed by atoms with Gasteiger partial charge in [0.2, 0.25) is 0 Å².